The molecule has 1 rings (SSSR count). The fourth-order valence-electron chi connectivity index (χ4n) is 8.89. The van der Waals surface area contributed by atoms with Crippen LogP contribution in [0.2, 0.25) is 0 Å². The van der Waals surface area contributed by atoms with Crippen molar-refractivity contribution < 1.29 is 127 Å². The molecule has 0 bridgehead atoms. The summed E-state index contributed by atoms with van der Waals surface area (Å²) >= 11 is 0. The highest BCUT2D eigenvalue weighted by atomic mass is 16.4. The fourth-order valence-corrected chi connectivity index (χ4v) is 8.89. The number of nitrogens with one attached hydrogen (secondary N) is 11. The fraction of sp³-hybridized carbons (Fsp3) is 0.642. The van der Waals surface area contributed by atoms with Crippen molar-refractivity contribution in [2.75, 3.05) is 33.0 Å². The van der Waals surface area contributed by atoms with Crippen LogP contribution < -0.4 is 87.2 Å². The molecule has 1 fully saturated rings. The highest BCUT2D eigenvalue weighted by Gasteiger charge is 2.42. The van der Waals surface area contributed by atoms with Crippen LogP contribution in [0.4, 0.5) is 0 Å². The van der Waals surface area contributed by atoms with E-state index < -0.39 is 274 Å². The third-order valence-corrected chi connectivity index (χ3v) is 14.3. The van der Waals surface area contributed by atoms with Gasteiger partial charge >= 0.3 is 17.9 Å². The average Bonchev–Trinajstić information content (AvgIpc) is 1.58. The number of carbonyl (C=O) groups is 19. The molecule has 1 aliphatic heterocycles. The lowest BCUT2D eigenvalue weighted by molar-refractivity contribution is -0.147. The van der Waals surface area contributed by atoms with Crippen LogP contribution in [0.25, 0.3) is 0 Å². The molecule has 43 heteroatoms. The number of aliphatic carboxylic acids is 3. The number of rotatable bonds is 44. The number of likely N-dealkylation sites (tertiary alicyclic amines) is 1. The number of nitrogens with zero attached hydrogens (tertiary/aromatic N) is 1. The maximum atomic E-state index is 14.2. The van der Waals surface area contributed by atoms with Crippen LogP contribution in [-0.4, -0.2) is 265 Å². The van der Waals surface area contributed by atoms with E-state index in [1.165, 1.54) is 20.8 Å². The highest BCUT2D eigenvalue weighted by molar-refractivity contribution is 6.02. The van der Waals surface area contributed by atoms with E-state index in [0.717, 1.165) is 4.90 Å². The minimum atomic E-state index is -2.20. The summed E-state index contributed by atoms with van der Waals surface area (Å²) in [5.74, 6) is -27.1. The van der Waals surface area contributed by atoms with Gasteiger partial charge in [-0.1, -0.05) is 34.1 Å². The van der Waals surface area contributed by atoms with Crippen LogP contribution in [0.1, 0.15) is 91.9 Å². The highest BCUT2D eigenvalue weighted by Crippen LogP contribution is 2.21. The summed E-state index contributed by atoms with van der Waals surface area (Å²) in [6, 6.07) is -24.3. The number of primary amides is 4. The first kappa shape index (κ1) is 83.7. The van der Waals surface area contributed by atoms with Gasteiger partial charge in [-0.25, -0.2) is 4.79 Å². The second-order valence-corrected chi connectivity index (χ2v) is 22.2. The van der Waals surface area contributed by atoms with E-state index in [-0.39, 0.29) is 25.8 Å². The first-order valence-corrected chi connectivity index (χ1v) is 29.4. The molecule has 0 radical (unpaired) electrons. The molecule has 1 saturated heterocycles. The molecule has 0 spiro atoms. The smallest absolute Gasteiger partial charge is 0.326 e. The molecule has 0 aromatic heterocycles. The summed E-state index contributed by atoms with van der Waals surface area (Å²) in [6.07, 6.45) is -6.72. The molecule has 0 aromatic carbocycles. The number of hydrogen-bond acceptors (Lipinski definition) is 24. The first-order chi connectivity index (χ1) is 44.8. The number of carbonyl (C=O) groups excluding carboxylic acids is 16. The van der Waals surface area contributed by atoms with Gasteiger partial charge in [0.1, 0.15) is 78.5 Å². The molecule has 43 nitrogen and oxygen atoms in total. The lowest BCUT2D eigenvalue weighted by atomic mass is 9.97. The van der Waals surface area contributed by atoms with Crippen LogP contribution in [0.5, 0.6) is 0 Å². The minimum absolute atomic E-state index is 0.0788. The molecule has 0 saturated carbocycles. The maximum Gasteiger partial charge on any atom is 0.326 e. The van der Waals surface area contributed by atoms with Gasteiger partial charge in [0, 0.05) is 13.0 Å². The van der Waals surface area contributed by atoms with Crippen molar-refractivity contribution in [3.05, 3.63) is 0 Å². The van der Waals surface area contributed by atoms with Crippen molar-refractivity contribution >= 4 is 112 Å². The lowest BCUT2D eigenvalue weighted by Crippen LogP contribution is -2.62. The van der Waals surface area contributed by atoms with E-state index in [2.05, 4.69) is 26.6 Å². The Hall–Kier alpha value is -10.3. The summed E-state index contributed by atoms with van der Waals surface area (Å²) < 4.78 is 0. The molecule has 14 atom stereocenters. The van der Waals surface area contributed by atoms with E-state index in [1.54, 1.807) is 6.92 Å². The molecule has 96 heavy (non-hydrogen) atoms. The van der Waals surface area contributed by atoms with Crippen molar-refractivity contribution in [3.63, 3.8) is 0 Å². The minimum Gasteiger partial charge on any atom is -0.481 e. The molecule has 1 aliphatic rings. The third-order valence-electron chi connectivity index (χ3n) is 14.3. The Morgan fingerprint density at radius 3 is 1.14 bits per heavy atom. The van der Waals surface area contributed by atoms with Crippen LogP contribution >= 0.6 is 0 Å². The number of hydrogen-bond donors (Lipinski definition) is 23. The summed E-state index contributed by atoms with van der Waals surface area (Å²) in [4.78, 5) is 246. The van der Waals surface area contributed by atoms with E-state index in [9.17, 15) is 122 Å². The second-order valence-electron chi connectivity index (χ2n) is 22.2. The molecule has 538 valence electrons. The molecule has 28 N–H and O–H groups in total. The largest absolute Gasteiger partial charge is 0.481 e. The zero-order valence-electron chi connectivity index (χ0n) is 52.5. The Balaban J connectivity index is 3.42. The SMILES string of the molecule is CC[C@H](C)[C@H](NC(=O)[C@@H](N)CO)C(=O)N[C@@H](CO)C(=O)N[C@@H](CO)C(=O)N[C@@H](CC(N)=O)C(=O)N[C@@H](CC(N)=O)C(=O)N[C@@H](CC(N)=O)C(=O)N[C@@H](CO)C(=O)N[C@@H](CC(N)=O)C(=O)N1CCC[C@H]1C(=O)N[C@H](C(=O)N[C@@H](CCC(=O)O)C(=O)N[C@@H](CC(=O)O)C(=O)O)C(C)C. The van der Waals surface area contributed by atoms with Crippen molar-refractivity contribution in [3.8, 4) is 0 Å². The number of nitrogens with two attached hydrogens (primary N) is 5. The maximum absolute atomic E-state index is 14.2. The monoisotopic (exact) mass is 1380 g/mol. The number of carboxylic acid groups (broad SMARTS) is 3. The third kappa shape index (κ3) is 28.1. The number of amides is 16. The quantitative estimate of drug-likeness (QED) is 0.0269. The molecular formula is C53H85N17O26. The van der Waals surface area contributed by atoms with Gasteiger partial charge in [-0.2, -0.15) is 0 Å². The number of carboxylic acids is 3. The normalized spacial score (nSPS) is 16.6. The number of aliphatic hydroxyl groups excluding tert-OH is 4. The van der Waals surface area contributed by atoms with Gasteiger partial charge in [-0.3, -0.25) is 86.3 Å². The lowest BCUT2D eigenvalue weighted by Gasteiger charge is -2.31. The molecular weight excluding hydrogens is 1290 g/mol. The average molecular weight is 1380 g/mol. The van der Waals surface area contributed by atoms with Crippen molar-refractivity contribution in [2.45, 2.75) is 170 Å². The summed E-state index contributed by atoms with van der Waals surface area (Å²) in [6.45, 7) is 1.19. The topological polar surface area (TPSA) is 732 Å². The zero-order chi connectivity index (χ0) is 73.6. The van der Waals surface area contributed by atoms with Gasteiger partial charge in [0.25, 0.3) is 0 Å². The molecule has 1 heterocycles. The zero-order valence-corrected chi connectivity index (χ0v) is 52.5. The predicted octanol–water partition coefficient (Wildman–Crippen LogP) is -13.8. The van der Waals surface area contributed by atoms with Gasteiger partial charge in [0.05, 0.1) is 58.5 Å². The van der Waals surface area contributed by atoms with Gasteiger partial charge < -0.3 is 128 Å². The van der Waals surface area contributed by atoms with Crippen LogP contribution in [0.15, 0.2) is 0 Å². The van der Waals surface area contributed by atoms with Crippen molar-refractivity contribution in [1.29, 1.82) is 0 Å². The Bertz CT molecular complexity index is 2900. The Labute approximate surface area is 545 Å². The molecule has 0 aliphatic carbocycles. The first-order valence-electron chi connectivity index (χ1n) is 29.4. The van der Waals surface area contributed by atoms with Crippen molar-refractivity contribution in [2.24, 2.45) is 40.5 Å². The van der Waals surface area contributed by atoms with Crippen LogP contribution in [0, 0.1) is 11.8 Å². The Morgan fingerprint density at radius 2 is 0.771 bits per heavy atom. The van der Waals surface area contributed by atoms with Crippen LogP contribution in [-0.2, 0) is 91.1 Å². The van der Waals surface area contributed by atoms with E-state index in [0.29, 0.717) is 0 Å². The van der Waals surface area contributed by atoms with Crippen LogP contribution in [0.3, 0.4) is 0 Å². The predicted molar refractivity (Wildman–Crippen MR) is 319 cm³/mol. The van der Waals surface area contributed by atoms with E-state index in [4.69, 9.17) is 33.8 Å². The van der Waals surface area contributed by atoms with E-state index >= 15 is 0 Å². The van der Waals surface area contributed by atoms with Gasteiger partial charge in [0.2, 0.25) is 94.5 Å². The standard InChI is InChI=1S/C53H85N17O26/c1-5-21(4)40(69-41(83)22(54)16-71)51(93)67-31(19-74)48(90)66-29(17-72)46(88)62-25(12-34(56)76)44(86)60-24(11-33(55)75)43(85)61-26(13-35(57)77)45(87)65-30(18-73)47(89)63-27(14-36(58)78)52(94)70-10-6-7-32(70)49(91)68-39(20(2)3)50(92)59-23(8-9-37(79)80)42(84)64-28(53(95)96)15-38(81)82/h20-32,39-40,71-74H,5-19,54H2,1-4H3,(H2,55,75)(H2,56,76)(H2,57,77)(H2,58,78)(H,59,92)(H,60,86)(H,61,85)(H,62,88)(H,63,89)(H,64,84)(H,65,87)(H,66,90)(H,67,93)(H,68,91)(H,69,83)(H,79,80)(H,81,82)(H,95,96)/t21-,22-,23-,24-,25-,26-,27-,28-,29-,30-,31-,32-,39-,40-/m0/s1. The number of aliphatic hydroxyl groups is 4. The van der Waals surface area contributed by atoms with Crippen molar-refractivity contribution in [1.82, 2.24) is 63.4 Å². The Morgan fingerprint density at radius 1 is 0.417 bits per heavy atom. The summed E-state index contributed by atoms with van der Waals surface area (Å²) in [5, 5.41) is 90.4. The van der Waals surface area contributed by atoms with Gasteiger partial charge in [-0.15, -0.1) is 0 Å². The second kappa shape index (κ2) is 40.8. The molecule has 16 amide bonds. The summed E-state index contributed by atoms with van der Waals surface area (Å²) in [7, 11) is 0. The summed E-state index contributed by atoms with van der Waals surface area (Å²) in [5.41, 5.74) is 26.9. The molecule has 0 unspecified atom stereocenters. The van der Waals surface area contributed by atoms with Gasteiger partial charge in [0.15, 0.2) is 0 Å². The molecule has 0 aromatic rings. The van der Waals surface area contributed by atoms with Gasteiger partial charge in [-0.05, 0) is 31.1 Å². The Kier molecular flexibility index (Phi) is 35.5. The van der Waals surface area contributed by atoms with E-state index in [1.807, 2.05) is 31.9 Å².